The Kier molecular flexibility index (Phi) is 2.64. The normalized spacial score (nSPS) is 12.0. The van der Waals surface area contributed by atoms with E-state index in [1.54, 1.807) is 13.2 Å². The molecule has 74 valence electrons. The standard InChI is InChI=1S/C10H18N2O/c1-5-10(3,6-2)8-7-11-12(4)9(8)13/h7,13H,5-6H2,1-4H3. The molecule has 0 spiro atoms. The Bertz CT molecular complexity index is 287. The summed E-state index contributed by atoms with van der Waals surface area (Å²) in [6.45, 7) is 6.43. The molecule has 0 unspecified atom stereocenters. The van der Waals surface area contributed by atoms with Crippen LogP contribution < -0.4 is 0 Å². The van der Waals surface area contributed by atoms with Crippen LogP contribution in [-0.2, 0) is 12.5 Å². The van der Waals surface area contributed by atoms with Gasteiger partial charge in [-0.3, -0.25) is 0 Å². The Morgan fingerprint density at radius 1 is 1.46 bits per heavy atom. The van der Waals surface area contributed by atoms with Crippen molar-refractivity contribution in [2.75, 3.05) is 0 Å². The summed E-state index contributed by atoms with van der Waals surface area (Å²) in [6.07, 6.45) is 3.80. The van der Waals surface area contributed by atoms with Crippen LogP contribution in [0.25, 0.3) is 0 Å². The summed E-state index contributed by atoms with van der Waals surface area (Å²) in [5.41, 5.74) is 1.01. The highest BCUT2D eigenvalue weighted by molar-refractivity contribution is 5.30. The summed E-state index contributed by atoms with van der Waals surface area (Å²) < 4.78 is 1.51. The van der Waals surface area contributed by atoms with E-state index in [-0.39, 0.29) is 5.41 Å². The average Bonchev–Trinajstić information content (AvgIpc) is 2.47. The first-order chi connectivity index (χ1) is 6.05. The highest BCUT2D eigenvalue weighted by Crippen LogP contribution is 2.35. The molecule has 1 N–H and O–H groups in total. The maximum Gasteiger partial charge on any atom is 0.212 e. The Labute approximate surface area is 79.4 Å². The fourth-order valence-corrected chi connectivity index (χ4v) is 1.49. The second-order valence-corrected chi connectivity index (χ2v) is 3.77. The first-order valence-corrected chi connectivity index (χ1v) is 4.76. The zero-order chi connectivity index (χ0) is 10.1. The SMILES string of the molecule is CCC(C)(CC)c1cnn(C)c1O. The quantitative estimate of drug-likeness (QED) is 0.778. The lowest BCUT2D eigenvalue weighted by atomic mass is 9.79. The summed E-state index contributed by atoms with van der Waals surface area (Å²) in [5, 5.41) is 13.8. The lowest BCUT2D eigenvalue weighted by Gasteiger charge is -2.25. The van der Waals surface area contributed by atoms with E-state index in [4.69, 9.17) is 0 Å². The third-order valence-corrected chi connectivity index (χ3v) is 3.12. The molecule has 0 aromatic carbocycles. The minimum atomic E-state index is 0.0539. The van der Waals surface area contributed by atoms with Crippen molar-refractivity contribution in [1.29, 1.82) is 0 Å². The molecule has 0 aliphatic heterocycles. The lowest BCUT2D eigenvalue weighted by molar-refractivity contribution is 0.375. The van der Waals surface area contributed by atoms with Gasteiger partial charge in [-0.05, 0) is 18.3 Å². The molecule has 0 saturated carbocycles. The van der Waals surface area contributed by atoms with Gasteiger partial charge in [-0.2, -0.15) is 5.10 Å². The molecular weight excluding hydrogens is 164 g/mol. The topological polar surface area (TPSA) is 38.0 Å². The molecule has 0 bridgehead atoms. The van der Waals surface area contributed by atoms with Crippen LogP contribution in [0.5, 0.6) is 5.88 Å². The molecule has 1 heterocycles. The molecule has 1 aromatic rings. The van der Waals surface area contributed by atoms with Crippen LogP contribution in [0.3, 0.4) is 0 Å². The maximum absolute atomic E-state index is 9.74. The summed E-state index contributed by atoms with van der Waals surface area (Å²) >= 11 is 0. The molecule has 3 nitrogen and oxygen atoms in total. The maximum atomic E-state index is 9.74. The summed E-state index contributed by atoms with van der Waals surface area (Å²) in [5.74, 6) is 0.297. The van der Waals surface area contributed by atoms with Crippen molar-refractivity contribution in [1.82, 2.24) is 9.78 Å². The molecular formula is C10H18N2O. The Hall–Kier alpha value is -0.990. The molecule has 0 amide bonds. The summed E-state index contributed by atoms with van der Waals surface area (Å²) in [4.78, 5) is 0. The van der Waals surface area contributed by atoms with Gasteiger partial charge in [-0.15, -0.1) is 0 Å². The molecule has 0 saturated heterocycles. The van der Waals surface area contributed by atoms with Gasteiger partial charge in [0.1, 0.15) is 0 Å². The number of aromatic nitrogens is 2. The number of rotatable bonds is 3. The largest absolute Gasteiger partial charge is 0.493 e. The number of hydrogen-bond donors (Lipinski definition) is 1. The van der Waals surface area contributed by atoms with Gasteiger partial charge in [-0.25, -0.2) is 4.68 Å². The zero-order valence-electron chi connectivity index (χ0n) is 8.83. The highest BCUT2D eigenvalue weighted by atomic mass is 16.3. The molecule has 13 heavy (non-hydrogen) atoms. The van der Waals surface area contributed by atoms with Crippen molar-refractivity contribution in [3.63, 3.8) is 0 Å². The minimum absolute atomic E-state index is 0.0539. The van der Waals surface area contributed by atoms with Crippen LogP contribution >= 0.6 is 0 Å². The number of nitrogens with zero attached hydrogens (tertiary/aromatic N) is 2. The second-order valence-electron chi connectivity index (χ2n) is 3.77. The predicted molar refractivity (Wildman–Crippen MR) is 52.8 cm³/mol. The first kappa shape index (κ1) is 10.1. The van der Waals surface area contributed by atoms with E-state index >= 15 is 0 Å². The van der Waals surface area contributed by atoms with Gasteiger partial charge in [0.25, 0.3) is 0 Å². The molecule has 0 radical (unpaired) electrons. The van der Waals surface area contributed by atoms with E-state index in [0.29, 0.717) is 5.88 Å². The predicted octanol–water partition coefficient (Wildman–Crippen LogP) is 2.20. The third-order valence-electron chi connectivity index (χ3n) is 3.12. The molecule has 1 aromatic heterocycles. The van der Waals surface area contributed by atoms with Crippen molar-refractivity contribution in [3.8, 4) is 5.88 Å². The van der Waals surface area contributed by atoms with E-state index < -0.39 is 0 Å². The van der Waals surface area contributed by atoms with Gasteiger partial charge < -0.3 is 5.11 Å². The fourth-order valence-electron chi connectivity index (χ4n) is 1.49. The van der Waals surface area contributed by atoms with Gasteiger partial charge in [0.05, 0.1) is 6.20 Å². The van der Waals surface area contributed by atoms with Crippen molar-refractivity contribution in [2.24, 2.45) is 7.05 Å². The number of aromatic hydroxyl groups is 1. The van der Waals surface area contributed by atoms with Crippen molar-refractivity contribution in [2.45, 2.75) is 39.0 Å². The first-order valence-electron chi connectivity index (χ1n) is 4.76. The van der Waals surface area contributed by atoms with E-state index in [2.05, 4.69) is 25.9 Å². The van der Waals surface area contributed by atoms with Gasteiger partial charge in [0, 0.05) is 12.6 Å². The van der Waals surface area contributed by atoms with Crippen LogP contribution in [0.1, 0.15) is 39.2 Å². The van der Waals surface area contributed by atoms with Crippen LogP contribution in [0.4, 0.5) is 0 Å². The van der Waals surface area contributed by atoms with E-state index in [0.717, 1.165) is 18.4 Å². The van der Waals surface area contributed by atoms with E-state index in [1.807, 2.05) is 0 Å². The third kappa shape index (κ3) is 1.55. The van der Waals surface area contributed by atoms with Crippen molar-refractivity contribution < 1.29 is 5.11 Å². The Balaban J connectivity index is 3.12. The Morgan fingerprint density at radius 3 is 2.31 bits per heavy atom. The second kappa shape index (κ2) is 3.40. The molecule has 1 rings (SSSR count). The molecule has 0 aliphatic rings. The zero-order valence-corrected chi connectivity index (χ0v) is 8.83. The molecule has 3 heteroatoms. The molecule has 0 aliphatic carbocycles. The number of hydrogen-bond acceptors (Lipinski definition) is 2. The monoisotopic (exact) mass is 182 g/mol. The minimum Gasteiger partial charge on any atom is -0.493 e. The van der Waals surface area contributed by atoms with Crippen LogP contribution in [0, 0.1) is 0 Å². The fraction of sp³-hybridized carbons (Fsp3) is 0.700. The van der Waals surface area contributed by atoms with Crippen LogP contribution in [-0.4, -0.2) is 14.9 Å². The van der Waals surface area contributed by atoms with E-state index in [9.17, 15) is 5.11 Å². The van der Waals surface area contributed by atoms with Gasteiger partial charge in [0.15, 0.2) is 0 Å². The van der Waals surface area contributed by atoms with Crippen molar-refractivity contribution in [3.05, 3.63) is 11.8 Å². The average molecular weight is 182 g/mol. The number of aryl methyl sites for hydroxylation is 1. The van der Waals surface area contributed by atoms with Gasteiger partial charge in [-0.1, -0.05) is 20.8 Å². The summed E-state index contributed by atoms with van der Waals surface area (Å²) in [7, 11) is 1.75. The van der Waals surface area contributed by atoms with Crippen LogP contribution in [0.15, 0.2) is 6.20 Å². The molecule has 0 fully saturated rings. The highest BCUT2D eigenvalue weighted by Gasteiger charge is 2.27. The van der Waals surface area contributed by atoms with Crippen LogP contribution in [0.2, 0.25) is 0 Å². The smallest absolute Gasteiger partial charge is 0.212 e. The molecule has 0 atom stereocenters. The lowest BCUT2D eigenvalue weighted by Crippen LogP contribution is -2.18. The Morgan fingerprint density at radius 2 is 2.00 bits per heavy atom. The van der Waals surface area contributed by atoms with Gasteiger partial charge >= 0.3 is 0 Å². The summed E-state index contributed by atoms with van der Waals surface area (Å²) in [6, 6.07) is 0. The van der Waals surface area contributed by atoms with E-state index in [1.165, 1.54) is 4.68 Å². The van der Waals surface area contributed by atoms with Crippen molar-refractivity contribution >= 4 is 0 Å². The van der Waals surface area contributed by atoms with Gasteiger partial charge in [0.2, 0.25) is 5.88 Å².